The smallest absolute Gasteiger partial charge is 0.266 e. The number of aromatic nitrogens is 1. The van der Waals surface area contributed by atoms with Gasteiger partial charge in [0.2, 0.25) is 0 Å². The fraction of sp³-hybridized carbons (Fsp3) is 0.0435. The molecule has 5 nitrogen and oxygen atoms in total. The fourth-order valence-corrected chi connectivity index (χ4v) is 5.62. The summed E-state index contributed by atoms with van der Waals surface area (Å²) in [7, 11) is 0. The Bertz CT molecular complexity index is 1330. The molecule has 5 rings (SSSR count). The van der Waals surface area contributed by atoms with Crippen molar-refractivity contribution in [2.45, 2.75) is 4.34 Å². The van der Waals surface area contributed by atoms with Gasteiger partial charge >= 0.3 is 0 Å². The minimum atomic E-state index is -0.320. The predicted molar refractivity (Wildman–Crippen MR) is 126 cm³/mol. The first kappa shape index (κ1) is 20.1. The van der Waals surface area contributed by atoms with Crippen LogP contribution in [0.5, 0.6) is 0 Å². The molecule has 4 aromatic rings. The van der Waals surface area contributed by atoms with Crippen molar-refractivity contribution >= 4 is 72.5 Å². The van der Waals surface area contributed by atoms with Crippen molar-refractivity contribution in [3.8, 4) is 0 Å². The van der Waals surface area contributed by atoms with Crippen molar-refractivity contribution in [3.05, 3.63) is 87.9 Å². The van der Waals surface area contributed by atoms with Crippen molar-refractivity contribution in [1.29, 1.82) is 0 Å². The molecule has 2 heterocycles. The van der Waals surface area contributed by atoms with Gasteiger partial charge in [0.05, 0.1) is 32.8 Å². The van der Waals surface area contributed by atoms with Gasteiger partial charge in [-0.05, 0) is 42.5 Å². The first-order valence-electron chi connectivity index (χ1n) is 9.31. The second-order valence-electron chi connectivity index (χ2n) is 6.84. The average molecular weight is 509 g/mol. The van der Waals surface area contributed by atoms with Gasteiger partial charge in [-0.15, -0.1) is 11.3 Å². The molecule has 3 aromatic carbocycles. The Labute approximate surface area is 194 Å². The van der Waals surface area contributed by atoms with E-state index >= 15 is 0 Å². The van der Waals surface area contributed by atoms with Crippen LogP contribution >= 0.6 is 39.0 Å². The second kappa shape index (κ2) is 8.03. The third kappa shape index (κ3) is 3.71. The maximum Gasteiger partial charge on any atom is 0.266 e. The minimum Gasteiger partial charge on any atom is -0.293 e. The van der Waals surface area contributed by atoms with Crippen LogP contribution in [0.1, 0.15) is 31.1 Å². The van der Waals surface area contributed by atoms with Gasteiger partial charge in [0.1, 0.15) is 0 Å². The number of rotatable bonds is 5. The van der Waals surface area contributed by atoms with Gasteiger partial charge < -0.3 is 0 Å². The molecular formula is C23H13BrN2O3S2. The number of halogens is 1. The SMILES string of the molecule is O=C(CSc1nc2ccc(N3C(=O)c4ccccc4C3=O)cc2s1)c1ccc(Br)cc1. The molecule has 0 spiro atoms. The van der Waals surface area contributed by atoms with E-state index in [1.54, 1.807) is 54.6 Å². The molecule has 2 amide bonds. The van der Waals surface area contributed by atoms with Gasteiger partial charge in [0.15, 0.2) is 10.1 Å². The molecular weight excluding hydrogens is 496 g/mol. The van der Waals surface area contributed by atoms with E-state index in [4.69, 9.17) is 0 Å². The monoisotopic (exact) mass is 508 g/mol. The highest BCUT2D eigenvalue weighted by Crippen LogP contribution is 2.35. The van der Waals surface area contributed by atoms with Crippen LogP contribution in [0.2, 0.25) is 0 Å². The van der Waals surface area contributed by atoms with Crippen LogP contribution in [0.15, 0.2) is 75.5 Å². The van der Waals surface area contributed by atoms with E-state index in [9.17, 15) is 14.4 Å². The lowest BCUT2D eigenvalue weighted by Crippen LogP contribution is -2.29. The normalized spacial score (nSPS) is 13.1. The van der Waals surface area contributed by atoms with Gasteiger partial charge in [0.25, 0.3) is 11.8 Å². The van der Waals surface area contributed by atoms with Gasteiger partial charge in [-0.25, -0.2) is 9.88 Å². The van der Waals surface area contributed by atoms with Crippen LogP contribution in [-0.2, 0) is 0 Å². The molecule has 152 valence electrons. The number of thiazole rings is 1. The Morgan fingerprint density at radius 2 is 1.65 bits per heavy atom. The van der Waals surface area contributed by atoms with E-state index in [0.717, 1.165) is 19.0 Å². The summed E-state index contributed by atoms with van der Waals surface area (Å²) < 4.78 is 2.55. The Morgan fingerprint density at radius 3 is 2.32 bits per heavy atom. The first-order valence-corrected chi connectivity index (χ1v) is 11.9. The molecule has 0 saturated heterocycles. The highest BCUT2D eigenvalue weighted by atomic mass is 79.9. The quantitative estimate of drug-likeness (QED) is 0.192. The number of thioether (sulfide) groups is 1. The second-order valence-corrected chi connectivity index (χ2v) is 10.0. The maximum atomic E-state index is 12.7. The summed E-state index contributed by atoms with van der Waals surface area (Å²) in [5.74, 6) is -0.325. The number of nitrogens with zero attached hydrogens (tertiary/aromatic N) is 2. The molecule has 1 aliphatic rings. The van der Waals surface area contributed by atoms with Gasteiger partial charge in [-0.2, -0.15) is 0 Å². The van der Waals surface area contributed by atoms with E-state index in [1.807, 2.05) is 12.1 Å². The van der Waals surface area contributed by atoms with Crippen molar-refractivity contribution in [1.82, 2.24) is 4.98 Å². The summed E-state index contributed by atoms with van der Waals surface area (Å²) in [6.07, 6.45) is 0. The molecule has 1 aliphatic heterocycles. The number of hydrogen-bond donors (Lipinski definition) is 0. The molecule has 0 unspecified atom stereocenters. The van der Waals surface area contributed by atoms with Crippen molar-refractivity contribution < 1.29 is 14.4 Å². The summed E-state index contributed by atoms with van der Waals surface area (Å²) in [5, 5.41) is 0. The lowest BCUT2D eigenvalue weighted by molar-refractivity contribution is 0.0925. The van der Waals surface area contributed by atoms with E-state index in [-0.39, 0.29) is 23.4 Å². The number of hydrogen-bond acceptors (Lipinski definition) is 6. The van der Waals surface area contributed by atoms with Crippen LogP contribution in [0, 0.1) is 0 Å². The number of imide groups is 1. The predicted octanol–water partition coefficient (Wildman–Crippen LogP) is 5.83. The zero-order valence-corrected chi connectivity index (χ0v) is 19.1. The van der Waals surface area contributed by atoms with Gasteiger partial charge in [-0.1, -0.05) is 52.0 Å². The highest BCUT2D eigenvalue weighted by molar-refractivity contribution is 9.10. The molecule has 0 fully saturated rings. The summed E-state index contributed by atoms with van der Waals surface area (Å²) in [4.78, 5) is 43.6. The number of carbonyl (C=O) groups is 3. The standard InChI is InChI=1S/C23H13BrN2O3S2/c24-14-7-5-13(6-8-14)19(27)12-30-23-25-18-10-9-15(11-20(18)31-23)26-21(28)16-3-1-2-4-17(16)22(26)29/h1-11H,12H2. The molecule has 0 radical (unpaired) electrons. The maximum absolute atomic E-state index is 12.7. The molecule has 0 N–H and O–H groups in total. The van der Waals surface area contributed by atoms with Gasteiger partial charge in [0, 0.05) is 10.0 Å². The number of ketones is 1. The van der Waals surface area contributed by atoms with Crippen LogP contribution in [0.4, 0.5) is 5.69 Å². The van der Waals surface area contributed by atoms with Gasteiger partial charge in [-0.3, -0.25) is 14.4 Å². The van der Waals surface area contributed by atoms with E-state index in [1.165, 1.54) is 28.0 Å². The zero-order valence-electron chi connectivity index (χ0n) is 15.9. The molecule has 1 aromatic heterocycles. The topological polar surface area (TPSA) is 67.3 Å². The Morgan fingerprint density at radius 1 is 0.968 bits per heavy atom. The summed E-state index contributed by atoms with van der Waals surface area (Å²) >= 11 is 6.19. The summed E-state index contributed by atoms with van der Waals surface area (Å²) in [6, 6.07) is 19.4. The van der Waals surface area contributed by atoms with Crippen LogP contribution in [0.3, 0.4) is 0 Å². The van der Waals surface area contributed by atoms with Crippen LogP contribution in [0.25, 0.3) is 10.2 Å². The van der Waals surface area contributed by atoms with E-state index in [2.05, 4.69) is 20.9 Å². The Balaban J connectivity index is 1.36. The van der Waals surface area contributed by atoms with Crippen LogP contribution in [-0.4, -0.2) is 28.3 Å². The molecule has 0 aliphatic carbocycles. The van der Waals surface area contributed by atoms with Crippen LogP contribution < -0.4 is 4.90 Å². The van der Waals surface area contributed by atoms with Crippen molar-refractivity contribution in [2.24, 2.45) is 0 Å². The zero-order chi connectivity index (χ0) is 21.5. The molecule has 0 atom stereocenters. The number of fused-ring (bicyclic) bond motifs is 2. The van der Waals surface area contributed by atoms with Crippen molar-refractivity contribution in [3.63, 3.8) is 0 Å². The highest BCUT2D eigenvalue weighted by Gasteiger charge is 2.36. The van der Waals surface area contributed by atoms with Crippen molar-refractivity contribution in [2.75, 3.05) is 10.7 Å². The van der Waals surface area contributed by atoms with E-state index < -0.39 is 0 Å². The third-order valence-electron chi connectivity index (χ3n) is 4.90. The molecule has 31 heavy (non-hydrogen) atoms. The number of Topliss-reactive ketones (excluding diaryl/α,β-unsaturated/α-hetero) is 1. The number of carbonyl (C=O) groups excluding carboxylic acids is 3. The molecule has 8 heteroatoms. The lowest BCUT2D eigenvalue weighted by Gasteiger charge is -2.13. The lowest BCUT2D eigenvalue weighted by atomic mass is 10.1. The average Bonchev–Trinajstić information content (AvgIpc) is 3.30. The number of amides is 2. The Kier molecular flexibility index (Phi) is 5.21. The van der Waals surface area contributed by atoms with E-state index in [0.29, 0.717) is 22.4 Å². The number of anilines is 1. The third-order valence-corrected chi connectivity index (χ3v) is 7.59. The summed E-state index contributed by atoms with van der Waals surface area (Å²) in [5.41, 5.74) is 2.78. The fourth-order valence-electron chi connectivity index (χ4n) is 3.36. The Hall–Kier alpha value is -2.81. The molecule has 0 bridgehead atoms. The minimum absolute atomic E-state index is 0.0310. The largest absolute Gasteiger partial charge is 0.293 e. The number of benzene rings is 3. The summed E-state index contributed by atoms with van der Waals surface area (Å²) in [6.45, 7) is 0. The first-order chi connectivity index (χ1) is 15.0. The molecule has 0 saturated carbocycles.